The van der Waals surface area contributed by atoms with Crippen LogP contribution in [0.2, 0.25) is 0 Å². The lowest BCUT2D eigenvalue weighted by Gasteiger charge is -2.41. The zero-order chi connectivity index (χ0) is 20.6. The molecule has 0 spiro atoms. The summed E-state index contributed by atoms with van der Waals surface area (Å²) in [5.41, 5.74) is 0.816. The summed E-state index contributed by atoms with van der Waals surface area (Å²) in [6.07, 6.45) is 0. The quantitative estimate of drug-likeness (QED) is 0.221. The Morgan fingerprint density at radius 1 is 1.21 bits per heavy atom. The van der Waals surface area contributed by atoms with Crippen molar-refractivity contribution in [3.8, 4) is 0 Å². The number of aryl methyl sites for hydroxylation is 1. The number of guanidine groups is 1. The van der Waals surface area contributed by atoms with Gasteiger partial charge in [-0.05, 0) is 38.5 Å². The summed E-state index contributed by atoms with van der Waals surface area (Å²) in [4.78, 5) is 18.7. The molecule has 2 rings (SSSR count). The number of carbonyl (C=O) groups is 1. The van der Waals surface area contributed by atoms with Crippen LogP contribution in [0.25, 0.3) is 0 Å². The van der Waals surface area contributed by atoms with E-state index in [0.717, 1.165) is 32.8 Å². The summed E-state index contributed by atoms with van der Waals surface area (Å²) in [5.74, 6) is 0.00678. The first kappa shape index (κ1) is 25.6. The first-order valence-electron chi connectivity index (χ1n) is 9.65. The zero-order valence-electron chi connectivity index (χ0n) is 17.7. The zero-order valence-corrected chi connectivity index (χ0v) is 20.0. The number of hydrogen-bond acceptors (Lipinski definition) is 4. The predicted molar refractivity (Wildman–Crippen MR) is 125 cm³/mol. The van der Waals surface area contributed by atoms with Crippen molar-refractivity contribution in [1.82, 2.24) is 20.9 Å². The van der Waals surface area contributed by atoms with Gasteiger partial charge in [-0.3, -0.25) is 14.7 Å². The number of aliphatic imine (C=N–C) groups is 1. The highest BCUT2D eigenvalue weighted by molar-refractivity contribution is 14.0. The highest BCUT2D eigenvalue weighted by Crippen LogP contribution is 2.15. The van der Waals surface area contributed by atoms with Gasteiger partial charge in [0, 0.05) is 50.9 Å². The number of rotatable bonds is 7. The van der Waals surface area contributed by atoms with Crippen molar-refractivity contribution in [3.05, 3.63) is 35.1 Å². The molecule has 0 unspecified atom stereocenters. The largest absolute Gasteiger partial charge is 0.379 e. The van der Waals surface area contributed by atoms with Gasteiger partial charge >= 0.3 is 0 Å². The molecule has 1 saturated heterocycles. The van der Waals surface area contributed by atoms with Gasteiger partial charge in [-0.15, -0.1) is 24.0 Å². The number of morpholine rings is 1. The third-order valence-electron chi connectivity index (χ3n) is 4.92. The molecule has 1 fully saturated rings. The van der Waals surface area contributed by atoms with E-state index in [1.54, 1.807) is 26.1 Å². The number of nitrogens with one attached hydrogen (secondary N) is 3. The van der Waals surface area contributed by atoms with Crippen molar-refractivity contribution in [3.63, 3.8) is 0 Å². The molecule has 29 heavy (non-hydrogen) atoms. The smallest absolute Gasteiger partial charge is 0.251 e. The van der Waals surface area contributed by atoms with Crippen LogP contribution in [0.3, 0.4) is 0 Å². The van der Waals surface area contributed by atoms with E-state index in [1.165, 1.54) is 6.07 Å². The van der Waals surface area contributed by atoms with E-state index in [0.29, 0.717) is 30.2 Å². The lowest BCUT2D eigenvalue weighted by atomic mass is 10.0. The van der Waals surface area contributed by atoms with E-state index in [-0.39, 0.29) is 41.2 Å². The standard InChI is InChI=1S/C20H32FN5O2.HI/c1-15-5-6-16(13-17(15)21)18(27)23-7-8-24-19(22-4)25-14-20(2,3)26-9-11-28-12-10-26;/h5-6,13H,7-12,14H2,1-4H3,(H,23,27)(H2,22,24,25);1H. The molecule has 164 valence electrons. The number of amides is 1. The Hall–Kier alpha value is -1.46. The summed E-state index contributed by atoms with van der Waals surface area (Å²) in [5, 5.41) is 9.29. The van der Waals surface area contributed by atoms with Crippen molar-refractivity contribution in [2.24, 2.45) is 4.99 Å². The molecule has 0 saturated carbocycles. The minimum absolute atomic E-state index is 0. The molecule has 9 heteroatoms. The SMILES string of the molecule is CN=C(NCCNC(=O)c1ccc(C)c(F)c1)NCC(C)(C)N1CCOCC1.I. The van der Waals surface area contributed by atoms with Crippen LogP contribution in [0.5, 0.6) is 0 Å². The minimum Gasteiger partial charge on any atom is -0.379 e. The molecule has 1 heterocycles. The third kappa shape index (κ3) is 8.06. The van der Waals surface area contributed by atoms with Crippen molar-refractivity contribution in [2.45, 2.75) is 26.3 Å². The Balaban J connectivity index is 0.00000420. The van der Waals surface area contributed by atoms with Crippen LogP contribution in [0, 0.1) is 12.7 Å². The molecule has 1 aliphatic rings. The van der Waals surface area contributed by atoms with Gasteiger partial charge in [0.25, 0.3) is 5.91 Å². The number of carbonyl (C=O) groups excluding carboxylic acids is 1. The number of benzene rings is 1. The Bertz CT molecular complexity index is 693. The fraction of sp³-hybridized carbons (Fsp3) is 0.600. The first-order chi connectivity index (χ1) is 13.3. The van der Waals surface area contributed by atoms with Crippen molar-refractivity contribution >= 4 is 35.8 Å². The summed E-state index contributed by atoms with van der Waals surface area (Å²) < 4.78 is 19.0. The van der Waals surface area contributed by atoms with Gasteiger partial charge in [-0.25, -0.2) is 4.39 Å². The maximum atomic E-state index is 13.6. The summed E-state index contributed by atoms with van der Waals surface area (Å²) in [7, 11) is 1.71. The van der Waals surface area contributed by atoms with Gasteiger partial charge in [0.15, 0.2) is 5.96 Å². The number of halogens is 2. The van der Waals surface area contributed by atoms with Crippen molar-refractivity contribution < 1.29 is 13.9 Å². The molecule has 0 bridgehead atoms. The Morgan fingerprint density at radius 3 is 2.48 bits per heavy atom. The monoisotopic (exact) mass is 521 g/mol. The topological polar surface area (TPSA) is 78.0 Å². The first-order valence-corrected chi connectivity index (χ1v) is 9.65. The summed E-state index contributed by atoms with van der Waals surface area (Å²) >= 11 is 0. The highest BCUT2D eigenvalue weighted by atomic mass is 127. The average Bonchev–Trinajstić information content (AvgIpc) is 2.70. The fourth-order valence-corrected chi connectivity index (χ4v) is 2.99. The van der Waals surface area contributed by atoms with Crippen LogP contribution < -0.4 is 16.0 Å². The fourth-order valence-electron chi connectivity index (χ4n) is 2.99. The van der Waals surface area contributed by atoms with E-state index in [2.05, 4.69) is 39.7 Å². The molecule has 0 aliphatic carbocycles. The second-order valence-electron chi connectivity index (χ2n) is 7.48. The van der Waals surface area contributed by atoms with Gasteiger partial charge in [-0.2, -0.15) is 0 Å². The van der Waals surface area contributed by atoms with Crippen LogP contribution in [-0.4, -0.2) is 75.3 Å². The number of hydrogen-bond donors (Lipinski definition) is 3. The van der Waals surface area contributed by atoms with Gasteiger partial charge in [-0.1, -0.05) is 6.07 Å². The van der Waals surface area contributed by atoms with Gasteiger partial charge in [0.05, 0.1) is 13.2 Å². The predicted octanol–water partition coefficient (Wildman–Crippen LogP) is 1.76. The molecule has 1 aromatic rings. The van der Waals surface area contributed by atoms with Crippen LogP contribution in [0.4, 0.5) is 4.39 Å². The molecular weight excluding hydrogens is 488 g/mol. The molecule has 7 nitrogen and oxygen atoms in total. The lowest BCUT2D eigenvalue weighted by molar-refractivity contribution is -0.00833. The van der Waals surface area contributed by atoms with Gasteiger partial charge < -0.3 is 20.7 Å². The highest BCUT2D eigenvalue weighted by Gasteiger charge is 2.28. The molecule has 1 aromatic carbocycles. The van der Waals surface area contributed by atoms with E-state index < -0.39 is 0 Å². The second-order valence-corrected chi connectivity index (χ2v) is 7.48. The molecule has 0 atom stereocenters. The number of ether oxygens (including phenoxy) is 1. The number of nitrogens with zero attached hydrogens (tertiary/aromatic N) is 2. The Kier molecular flexibility index (Phi) is 10.8. The van der Waals surface area contributed by atoms with Gasteiger partial charge in [0.1, 0.15) is 5.82 Å². The maximum Gasteiger partial charge on any atom is 0.251 e. The van der Waals surface area contributed by atoms with Crippen LogP contribution >= 0.6 is 24.0 Å². The molecule has 3 N–H and O–H groups in total. The maximum absolute atomic E-state index is 13.6. The molecule has 1 amide bonds. The van der Waals surface area contributed by atoms with Crippen LogP contribution in [0.1, 0.15) is 29.8 Å². The molecular formula is C20H33FIN5O2. The molecule has 0 radical (unpaired) electrons. The van der Waals surface area contributed by atoms with Gasteiger partial charge in [0.2, 0.25) is 0 Å². The van der Waals surface area contributed by atoms with Crippen LogP contribution in [-0.2, 0) is 4.74 Å². The summed E-state index contributed by atoms with van der Waals surface area (Å²) in [6.45, 7) is 11.1. The average molecular weight is 521 g/mol. The van der Waals surface area contributed by atoms with Crippen LogP contribution in [0.15, 0.2) is 23.2 Å². The Morgan fingerprint density at radius 2 is 1.86 bits per heavy atom. The van der Waals surface area contributed by atoms with E-state index in [4.69, 9.17) is 4.74 Å². The molecule has 0 aromatic heterocycles. The third-order valence-corrected chi connectivity index (χ3v) is 4.92. The molecule has 1 aliphatic heterocycles. The summed E-state index contributed by atoms with van der Waals surface area (Å²) in [6, 6.07) is 4.48. The normalized spacial score (nSPS) is 15.4. The second kappa shape index (κ2) is 12.3. The van der Waals surface area contributed by atoms with E-state index >= 15 is 0 Å². The lowest BCUT2D eigenvalue weighted by Crippen LogP contribution is -2.56. The van der Waals surface area contributed by atoms with E-state index in [9.17, 15) is 9.18 Å². The van der Waals surface area contributed by atoms with E-state index in [1.807, 2.05) is 0 Å². The van der Waals surface area contributed by atoms with Crippen molar-refractivity contribution in [2.75, 3.05) is 53.0 Å². The Labute approximate surface area is 189 Å². The minimum atomic E-state index is -0.377. The van der Waals surface area contributed by atoms with Crippen molar-refractivity contribution in [1.29, 1.82) is 0 Å².